The summed E-state index contributed by atoms with van der Waals surface area (Å²) in [6.07, 6.45) is 0. The van der Waals surface area contributed by atoms with Gasteiger partial charge in [0.05, 0.1) is 9.79 Å². The molecule has 0 unspecified atom stereocenters. The molecule has 2 N–H and O–H groups in total. The van der Waals surface area contributed by atoms with Gasteiger partial charge in [-0.25, -0.2) is 8.42 Å². The van der Waals surface area contributed by atoms with Gasteiger partial charge in [-0.15, -0.1) is 0 Å². The third-order valence-corrected chi connectivity index (χ3v) is 4.84. The van der Waals surface area contributed by atoms with Crippen LogP contribution in [0.5, 0.6) is 11.5 Å². The van der Waals surface area contributed by atoms with Gasteiger partial charge in [0.2, 0.25) is 9.84 Å². The monoisotopic (exact) mass is 278 g/mol. The molecule has 0 aliphatic carbocycles. The predicted octanol–water partition coefficient (Wildman–Crippen LogP) is 2.55. The second-order valence-electron chi connectivity index (χ2n) is 4.40. The van der Waals surface area contributed by atoms with Crippen LogP contribution in [-0.2, 0) is 9.84 Å². The summed E-state index contributed by atoms with van der Waals surface area (Å²) in [5.41, 5.74) is 0.975. The van der Waals surface area contributed by atoms with Crippen molar-refractivity contribution in [2.45, 2.75) is 23.6 Å². The van der Waals surface area contributed by atoms with Crippen LogP contribution < -0.4 is 0 Å². The fourth-order valence-electron chi connectivity index (χ4n) is 1.86. The van der Waals surface area contributed by atoms with Crippen LogP contribution in [0.25, 0.3) is 0 Å². The molecule has 0 fully saturated rings. The SMILES string of the molecule is Cc1cc(S(=O)(=O)c2ccc(O)cc2C)ccc1O. The molecule has 0 spiro atoms. The Morgan fingerprint density at radius 3 is 2.16 bits per heavy atom. The van der Waals surface area contributed by atoms with Gasteiger partial charge in [0.1, 0.15) is 11.5 Å². The van der Waals surface area contributed by atoms with Crippen molar-refractivity contribution in [3.05, 3.63) is 47.5 Å². The first kappa shape index (κ1) is 13.4. The van der Waals surface area contributed by atoms with E-state index in [4.69, 9.17) is 0 Å². The summed E-state index contributed by atoms with van der Waals surface area (Å²) in [5, 5.41) is 18.8. The van der Waals surface area contributed by atoms with Crippen LogP contribution >= 0.6 is 0 Å². The molecule has 0 bridgehead atoms. The molecule has 2 rings (SSSR count). The molecule has 2 aromatic carbocycles. The Morgan fingerprint density at radius 1 is 0.895 bits per heavy atom. The van der Waals surface area contributed by atoms with Crippen LogP contribution in [0.3, 0.4) is 0 Å². The number of hydrogen-bond donors (Lipinski definition) is 2. The first-order valence-electron chi connectivity index (χ1n) is 5.66. The third kappa shape index (κ3) is 2.42. The molecule has 0 aliphatic rings. The molecule has 100 valence electrons. The number of aryl methyl sites for hydroxylation is 2. The van der Waals surface area contributed by atoms with E-state index in [0.29, 0.717) is 11.1 Å². The molecule has 0 radical (unpaired) electrons. The molecule has 2 aromatic rings. The van der Waals surface area contributed by atoms with Gasteiger partial charge in [-0.2, -0.15) is 0 Å². The zero-order valence-corrected chi connectivity index (χ0v) is 11.4. The number of benzene rings is 2. The molecule has 0 saturated carbocycles. The maximum absolute atomic E-state index is 12.5. The van der Waals surface area contributed by atoms with Crippen LogP contribution in [0.4, 0.5) is 0 Å². The van der Waals surface area contributed by atoms with E-state index < -0.39 is 9.84 Å². The lowest BCUT2D eigenvalue weighted by Gasteiger charge is -2.09. The molecule has 0 aromatic heterocycles. The predicted molar refractivity (Wildman–Crippen MR) is 71.1 cm³/mol. The number of phenols is 2. The molecule has 0 heterocycles. The van der Waals surface area contributed by atoms with Crippen LogP contribution in [0, 0.1) is 13.8 Å². The first-order chi connectivity index (χ1) is 8.82. The number of sulfone groups is 1. The molecule has 0 aliphatic heterocycles. The molecule has 19 heavy (non-hydrogen) atoms. The summed E-state index contributed by atoms with van der Waals surface area (Å²) in [7, 11) is -3.65. The Hall–Kier alpha value is -2.01. The summed E-state index contributed by atoms with van der Waals surface area (Å²) in [6.45, 7) is 3.26. The van der Waals surface area contributed by atoms with Gasteiger partial charge >= 0.3 is 0 Å². The topological polar surface area (TPSA) is 74.6 Å². The second-order valence-corrected chi connectivity index (χ2v) is 6.32. The van der Waals surface area contributed by atoms with E-state index in [0.717, 1.165) is 0 Å². The van der Waals surface area contributed by atoms with E-state index in [2.05, 4.69) is 0 Å². The minimum atomic E-state index is -3.65. The fraction of sp³-hybridized carbons (Fsp3) is 0.143. The van der Waals surface area contributed by atoms with Crippen LogP contribution in [0.15, 0.2) is 46.2 Å². The zero-order valence-electron chi connectivity index (χ0n) is 10.6. The van der Waals surface area contributed by atoms with E-state index in [1.807, 2.05) is 0 Å². The smallest absolute Gasteiger partial charge is 0.206 e. The molecule has 0 amide bonds. The average molecular weight is 278 g/mol. The van der Waals surface area contributed by atoms with E-state index in [-0.39, 0.29) is 21.3 Å². The number of rotatable bonds is 2. The highest BCUT2D eigenvalue weighted by molar-refractivity contribution is 7.91. The number of hydrogen-bond acceptors (Lipinski definition) is 4. The maximum Gasteiger partial charge on any atom is 0.206 e. The van der Waals surface area contributed by atoms with Gasteiger partial charge in [0.25, 0.3) is 0 Å². The molecule has 0 saturated heterocycles. The fourth-order valence-corrected chi connectivity index (χ4v) is 3.42. The van der Waals surface area contributed by atoms with Gasteiger partial charge in [-0.1, -0.05) is 0 Å². The zero-order chi connectivity index (χ0) is 14.2. The van der Waals surface area contributed by atoms with Crippen LogP contribution in [0.1, 0.15) is 11.1 Å². The average Bonchev–Trinajstić information content (AvgIpc) is 2.32. The quantitative estimate of drug-likeness (QED) is 0.885. The van der Waals surface area contributed by atoms with Crippen molar-refractivity contribution < 1.29 is 18.6 Å². The minimum Gasteiger partial charge on any atom is -0.508 e. The van der Waals surface area contributed by atoms with Crippen molar-refractivity contribution >= 4 is 9.84 Å². The number of aromatic hydroxyl groups is 2. The summed E-state index contributed by atoms with van der Waals surface area (Å²) >= 11 is 0. The molecule has 4 nitrogen and oxygen atoms in total. The van der Waals surface area contributed by atoms with Crippen molar-refractivity contribution in [2.75, 3.05) is 0 Å². The Kier molecular flexibility index (Phi) is 3.24. The first-order valence-corrected chi connectivity index (χ1v) is 7.15. The summed E-state index contributed by atoms with van der Waals surface area (Å²) in [5.74, 6) is 0.0831. The van der Waals surface area contributed by atoms with E-state index >= 15 is 0 Å². The van der Waals surface area contributed by atoms with Crippen LogP contribution in [0.2, 0.25) is 0 Å². The minimum absolute atomic E-state index is 0.0262. The lowest BCUT2D eigenvalue weighted by atomic mass is 10.2. The highest BCUT2D eigenvalue weighted by Gasteiger charge is 2.20. The summed E-state index contributed by atoms with van der Waals surface area (Å²) in [6, 6.07) is 8.27. The third-order valence-electron chi connectivity index (χ3n) is 2.93. The van der Waals surface area contributed by atoms with Crippen molar-refractivity contribution in [2.24, 2.45) is 0 Å². The Morgan fingerprint density at radius 2 is 1.58 bits per heavy atom. The lowest BCUT2D eigenvalue weighted by Crippen LogP contribution is -2.04. The molecule has 5 heteroatoms. The molecular weight excluding hydrogens is 264 g/mol. The van der Waals surface area contributed by atoms with Crippen LogP contribution in [-0.4, -0.2) is 18.6 Å². The van der Waals surface area contributed by atoms with Crippen molar-refractivity contribution in [3.63, 3.8) is 0 Å². The second kappa shape index (κ2) is 4.59. The van der Waals surface area contributed by atoms with Gasteiger partial charge in [-0.3, -0.25) is 0 Å². The maximum atomic E-state index is 12.5. The Bertz CT molecular complexity index is 733. The number of phenolic OH excluding ortho intramolecular Hbond substituents is 2. The van der Waals surface area contributed by atoms with E-state index in [1.165, 1.54) is 36.4 Å². The Labute approximate surface area is 111 Å². The van der Waals surface area contributed by atoms with Crippen molar-refractivity contribution in [1.29, 1.82) is 0 Å². The highest BCUT2D eigenvalue weighted by atomic mass is 32.2. The van der Waals surface area contributed by atoms with Gasteiger partial charge in [0.15, 0.2) is 0 Å². The van der Waals surface area contributed by atoms with E-state index in [9.17, 15) is 18.6 Å². The standard InChI is InChI=1S/C14H14O4S/c1-9-8-12(4-5-13(9)16)19(17,18)14-6-3-11(15)7-10(14)2/h3-8,15-16H,1-2H3. The summed E-state index contributed by atoms with van der Waals surface area (Å²) in [4.78, 5) is 0.270. The normalized spacial score (nSPS) is 11.5. The van der Waals surface area contributed by atoms with Gasteiger partial charge in [-0.05, 0) is 61.4 Å². The van der Waals surface area contributed by atoms with Gasteiger partial charge in [0, 0.05) is 0 Å². The van der Waals surface area contributed by atoms with Crippen molar-refractivity contribution in [1.82, 2.24) is 0 Å². The molecular formula is C14H14O4S. The molecule has 0 atom stereocenters. The highest BCUT2D eigenvalue weighted by Crippen LogP contribution is 2.28. The van der Waals surface area contributed by atoms with Gasteiger partial charge < -0.3 is 10.2 Å². The lowest BCUT2D eigenvalue weighted by molar-refractivity contribution is 0.470. The van der Waals surface area contributed by atoms with Crippen molar-refractivity contribution in [3.8, 4) is 11.5 Å². The van der Waals surface area contributed by atoms with E-state index in [1.54, 1.807) is 13.8 Å². The largest absolute Gasteiger partial charge is 0.508 e. The summed E-state index contributed by atoms with van der Waals surface area (Å²) < 4.78 is 24.9. The Balaban J connectivity index is 2.62.